The second-order valence-electron chi connectivity index (χ2n) is 10.1. The number of nitrogens with one attached hydrogen (secondary N) is 3. The van der Waals surface area contributed by atoms with Crippen LogP contribution in [0, 0.1) is 5.92 Å². The molecule has 218 valence electrons. The molecule has 2 saturated heterocycles. The summed E-state index contributed by atoms with van der Waals surface area (Å²) < 4.78 is 84.6. The topological polar surface area (TPSA) is 82.7 Å². The van der Waals surface area contributed by atoms with E-state index in [-0.39, 0.29) is 29.3 Å². The van der Waals surface area contributed by atoms with Gasteiger partial charge in [0.15, 0.2) is 0 Å². The molecular weight excluding hydrogens is 542 g/mol. The van der Waals surface area contributed by atoms with E-state index in [4.69, 9.17) is 4.74 Å². The van der Waals surface area contributed by atoms with Gasteiger partial charge in [-0.15, -0.1) is 0 Å². The van der Waals surface area contributed by atoms with Crippen molar-refractivity contribution in [2.45, 2.75) is 51.1 Å². The minimum atomic E-state index is -5.05. The zero-order valence-corrected chi connectivity index (χ0v) is 21.7. The monoisotopic (exact) mass is 572 g/mol. The predicted molar refractivity (Wildman–Crippen MR) is 137 cm³/mol. The van der Waals surface area contributed by atoms with Crippen LogP contribution in [0.4, 0.5) is 48.2 Å². The molecule has 3 N–H and O–H groups in total. The number of hydrogen-bond donors (Lipinski definition) is 3. The smallest absolute Gasteiger partial charge is 0.376 e. The normalized spacial score (nSPS) is 18.5. The van der Waals surface area contributed by atoms with Crippen molar-refractivity contribution >= 4 is 29.0 Å². The molecule has 1 atom stereocenters. The Kier molecular flexibility index (Phi) is 8.81. The summed E-state index contributed by atoms with van der Waals surface area (Å²) in [7, 11) is 0. The van der Waals surface area contributed by atoms with E-state index in [1.165, 1.54) is 12.1 Å². The first kappa shape index (κ1) is 29.5. The van der Waals surface area contributed by atoms with Crippen LogP contribution in [-0.4, -0.2) is 44.3 Å². The molecule has 0 aliphatic carbocycles. The number of nitrogens with zero attached hydrogens (tertiary/aromatic N) is 1. The van der Waals surface area contributed by atoms with Gasteiger partial charge in [0.2, 0.25) is 0 Å². The van der Waals surface area contributed by atoms with E-state index < -0.39 is 35.2 Å². The summed E-state index contributed by atoms with van der Waals surface area (Å²) in [5, 5.41) is 7.29. The largest absolute Gasteiger partial charge is 0.416 e. The summed E-state index contributed by atoms with van der Waals surface area (Å²) in [5.74, 6) is 0.160. The number of alkyl halides is 6. The van der Waals surface area contributed by atoms with Crippen molar-refractivity contribution in [3.63, 3.8) is 0 Å². The van der Waals surface area contributed by atoms with Crippen molar-refractivity contribution in [1.29, 1.82) is 0 Å². The number of anilines is 3. The number of carbonyl (C=O) groups excluding carboxylic acids is 2. The van der Waals surface area contributed by atoms with Gasteiger partial charge in [-0.25, -0.2) is 4.79 Å². The standard InChI is InChI=1S/C27H30F6N4O3/c1-16-6-8-37(9-7-16)23-5-4-19(14-22(23)24(38)34-15-21-3-2-10-40-21)35-25(39)36-20-12-17(26(28,29)30)11-18(13-20)27(31,32)33/h4-5,11-14,16,21H,2-3,6-10,15H2,1H3,(H,34,38)(H2,35,36,39). The van der Waals surface area contributed by atoms with Crippen LogP contribution in [-0.2, 0) is 17.1 Å². The van der Waals surface area contributed by atoms with Crippen LogP contribution in [0.1, 0.15) is 54.1 Å². The molecule has 4 rings (SSSR count). The highest BCUT2D eigenvalue weighted by molar-refractivity contribution is 6.04. The van der Waals surface area contributed by atoms with Crippen molar-refractivity contribution < 1.29 is 40.7 Å². The third-order valence-electron chi connectivity index (χ3n) is 6.98. The third kappa shape index (κ3) is 7.58. The number of hydrogen-bond acceptors (Lipinski definition) is 4. The van der Waals surface area contributed by atoms with Gasteiger partial charge in [-0.3, -0.25) is 4.79 Å². The Morgan fingerprint density at radius 2 is 1.52 bits per heavy atom. The van der Waals surface area contributed by atoms with Crippen molar-refractivity contribution in [2.75, 3.05) is 41.8 Å². The molecular formula is C27H30F6N4O3. The van der Waals surface area contributed by atoms with Gasteiger partial charge in [-0.05, 0) is 68.0 Å². The van der Waals surface area contributed by atoms with Gasteiger partial charge >= 0.3 is 18.4 Å². The van der Waals surface area contributed by atoms with Crippen LogP contribution in [0.15, 0.2) is 36.4 Å². The zero-order valence-electron chi connectivity index (χ0n) is 21.7. The number of urea groups is 1. The summed E-state index contributed by atoms with van der Waals surface area (Å²) in [6.07, 6.45) is -6.59. The molecule has 0 aromatic heterocycles. The second kappa shape index (κ2) is 11.9. The molecule has 0 radical (unpaired) electrons. The van der Waals surface area contributed by atoms with Crippen molar-refractivity contribution in [1.82, 2.24) is 5.32 Å². The molecule has 2 aliphatic heterocycles. The Hall–Kier alpha value is -3.48. The van der Waals surface area contributed by atoms with Gasteiger partial charge in [0.1, 0.15) is 0 Å². The van der Waals surface area contributed by atoms with E-state index in [0.717, 1.165) is 38.8 Å². The lowest BCUT2D eigenvalue weighted by Crippen LogP contribution is -2.36. The Morgan fingerprint density at radius 1 is 0.900 bits per heavy atom. The van der Waals surface area contributed by atoms with E-state index in [0.29, 0.717) is 36.9 Å². The third-order valence-corrected chi connectivity index (χ3v) is 6.98. The van der Waals surface area contributed by atoms with Crippen LogP contribution < -0.4 is 20.9 Å². The van der Waals surface area contributed by atoms with E-state index >= 15 is 0 Å². The Balaban J connectivity index is 1.54. The van der Waals surface area contributed by atoms with Crippen molar-refractivity contribution in [2.24, 2.45) is 5.92 Å². The molecule has 40 heavy (non-hydrogen) atoms. The van der Waals surface area contributed by atoms with Crippen LogP contribution in [0.2, 0.25) is 0 Å². The first-order chi connectivity index (χ1) is 18.8. The molecule has 1 unspecified atom stereocenters. The number of ether oxygens (including phenoxy) is 1. The lowest BCUT2D eigenvalue weighted by molar-refractivity contribution is -0.143. The van der Waals surface area contributed by atoms with Gasteiger partial charge in [0, 0.05) is 43.3 Å². The van der Waals surface area contributed by atoms with E-state index in [2.05, 4.69) is 22.5 Å². The summed E-state index contributed by atoms with van der Waals surface area (Å²) >= 11 is 0. The van der Waals surface area contributed by atoms with Crippen LogP contribution in [0.25, 0.3) is 0 Å². The number of amides is 3. The molecule has 3 amide bonds. The quantitative estimate of drug-likeness (QED) is 0.345. The van der Waals surface area contributed by atoms with E-state index in [1.54, 1.807) is 6.07 Å². The number of halogens is 6. The molecule has 0 saturated carbocycles. The first-order valence-corrected chi connectivity index (χ1v) is 13.0. The first-order valence-electron chi connectivity index (χ1n) is 13.0. The fourth-order valence-electron chi connectivity index (χ4n) is 4.75. The molecule has 2 fully saturated rings. The SMILES string of the molecule is CC1CCN(c2ccc(NC(=O)Nc3cc(C(F)(F)F)cc(C(F)(F)F)c3)cc2C(=O)NCC2CCCO2)CC1. The predicted octanol–water partition coefficient (Wildman–Crippen LogP) is 6.51. The average Bonchev–Trinajstić information content (AvgIpc) is 3.40. The number of benzene rings is 2. The van der Waals surface area contributed by atoms with Gasteiger partial charge < -0.3 is 25.6 Å². The van der Waals surface area contributed by atoms with Gasteiger partial charge in [-0.2, -0.15) is 26.3 Å². The molecule has 7 nitrogen and oxygen atoms in total. The molecule has 2 aliphatic rings. The highest BCUT2D eigenvalue weighted by atomic mass is 19.4. The molecule has 2 heterocycles. The summed E-state index contributed by atoms with van der Waals surface area (Å²) in [4.78, 5) is 27.9. The molecule has 0 spiro atoms. The molecule has 13 heteroatoms. The summed E-state index contributed by atoms with van der Waals surface area (Å²) in [5.41, 5.74) is -2.71. The highest BCUT2D eigenvalue weighted by Gasteiger charge is 2.37. The maximum atomic E-state index is 13.2. The minimum absolute atomic E-state index is 0.0232. The average molecular weight is 573 g/mol. The second-order valence-corrected chi connectivity index (χ2v) is 10.1. The Bertz CT molecular complexity index is 1190. The fraction of sp³-hybridized carbons (Fsp3) is 0.481. The van der Waals surface area contributed by atoms with Gasteiger partial charge in [0.05, 0.1) is 22.8 Å². The van der Waals surface area contributed by atoms with Crippen LogP contribution >= 0.6 is 0 Å². The van der Waals surface area contributed by atoms with Crippen molar-refractivity contribution in [3.8, 4) is 0 Å². The van der Waals surface area contributed by atoms with Gasteiger partial charge in [-0.1, -0.05) is 6.92 Å². The number of carbonyl (C=O) groups is 2. The molecule has 2 aromatic rings. The Morgan fingerprint density at radius 3 is 2.10 bits per heavy atom. The highest BCUT2D eigenvalue weighted by Crippen LogP contribution is 2.37. The maximum Gasteiger partial charge on any atom is 0.416 e. The lowest BCUT2D eigenvalue weighted by Gasteiger charge is -2.33. The fourth-order valence-corrected chi connectivity index (χ4v) is 4.75. The summed E-state index contributed by atoms with van der Waals surface area (Å²) in [6.45, 7) is 4.56. The molecule has 0 bridgehead atoms. The van der Waals surface area contributed by atoms with E-state index in [1.807, 2.05) is 5.32 Å². The molecule has 2 aromatic carbocycles. The summed E-state index contributed by atoms with van der Waals surface area (Å²) in [6, 6.07) is 4.36. The minimum Gasteiger partial charge on any atom is -0.376 e. The van der Waals surface area contributed by atoms with Gasteiger partial charge in [0.25, 0.3) is 5.91 Å². The van der Waals surface area contributed by atoms with Crippen LogP contribution in [0.3, 0.4) is 0 Å². The van der Waals surface area contributed by atoms with E-state index in [9.17, 15) is 35.9 Å². The zero-order chi connectivity index (χ0) is 29.1. The van der Waals surface area contributed by atoms with Crippen molar-refractivity contribution in [3.05, 3.63) is 53.1 Å². The lowest BCUT2D eigenvalue weighted by atomic mass is 9.97. The Labute approximate surface area is 227 Å². The number of rotatable bonds is 6. The number of piperidine rings is 1. The van der Waals surface area contributed by atoms with Crippen LogP contribution in [0.5, 0.6) is 0 Å². The maximum absolute atomic E-state index is 13.2.